The summed E-state index contributed by atoms with van der Waals surface area (Å²) in [6, 6.07) is 8.00. The van der Waals surface area contributed by atoms with Crippen molar-refractivity contribution in [3.8, 4) is 5.75 Å². The molecule has 1 aliphatic heterocycles. The molecule has 1 aromatic heterocycles. The smallest absolute Gasteiger partial charge is 0.258 e. The van der Waals surface area contributed by atoms with Gasteiger partial charge in [-0.15, -0.1) is 0 Å². The molecule has 3 N–H and O–H groups in total. The molecule has 2 aromatic rings. The highest BCUT2D eigenvalue weighted by atomic mass is 16.5. The van der Waals surface area contributed by atoms with Crippen LogP contribution in [-0.4, -0.2) is 65.7 Å². The third-order valence-electron chi connectivity index (χ3n) is 5.29. The largest absolute Gasteiger partial charge is 0.486 e. The summed E-state index contributed by atoms with van der Waals surface area (Å²) in [4.78, 5) is 31.6. The van der Waals surface area contributed by atoms with Gasteiger partial charge in [0, 0.05) is 37.0 Å². The van der Waals surface area contributed by atoms with Crippen molar-refractivity contribution < 1.29 is 19.4 Å². The molecule has 0 unspecified atom stereocenters. The zero-order valence-corrected chi connectivity index (χ0v) is 17.5. The number of benzene rings is 1. The fraction of sp³-hybridized carbons (Fsp3) is 0.409. The molecule has 3 atom stereocenters. The number of aromatic nitrogens is 1. The lowest BCUT2D eigenvalue weighted by Gasteiger charge is -2.37. The summed E-state index contributed by atoms with van der Waals surface area (Å²) in [5.74, 6) is -0.205. The molecule has 1 aliphatic rings. The topological polar surface area (TPSA) is 104 Å². The molecule has 0 fully saturated rings. The molecule has 0 radical (unpaired) electrons. The quantitative estimate of drug-likeness (QED) is 0.668. The number of ether oxygens (including phenoxy) is 1. The van der Waals surface area contributed by atoms with E-state index in [-0.39, 0.29) is 36.5 Å². The van der Waals surface area contributed by atoms with Crippen molar-refractivity contribution in [1.82, 2.24) is 15.2 Å². The minimum Gasteiger partial charge on any atom is -0.486 e. The highest BCUT2D eigenvalue weighted by Gasteiger charge is 2.33. The van der Waals surface area contributed by atoms with E-state index in [1.165, 1.54) is 0 Å². The van der Waals surface area contributed by atoms with Crippen LogP contribution in [0.4, 0.5) is 5.69 Å². The van der Waals surface area contributed by atoms with Crippen LogP contribution in [-0.2, 0) is 0 Å². The molecule has 0 bridgehead atoms. The van der Waals surface area contributed by atoms with Crippen molar-refractivity contribution in [3.05, 3.63) is 53.9 Å². The van der Waals surface area contributed by atoms with E-state index >= 15 is 0 Å². The highest BCUT2D eigenvalue weighted by molar-refractivity contribution is 6.07. The number of likely N-dealkylation sites (N-methyl/N-ethyl adjacent to an activating group) is 1. The standard InChI is InChI=1S/C22H28N4O4/c1-14-12-26(15(2)13-27)22(29)17-5-4-6-18(20(17)30-19(14)11-23-3)25-21(28)16-7-9-24-10-8-16/h4-10,14-15,19,23,27H,11-13H2,1-3H3,(H,25,28)/t14-,15-,19+/m0/s1. The van der Waals surface area contributed by atoms with E-state index in [2.05, 4.69) is 15.6 Å². The first kappa shape index (κ1) is 21.7. The van der Waals surface area contributed by atoms with Crippen LogP contribution in [0.3, 0.4) is 0 Å². The highest BCUT2D eigenvalue weighted by Crippen LogP contribution is 2.34. The number of carbonyl (C=O) groups is 2. The second-order valence-electron chi connectivity index (χ2n) is 7.55. The molecule has 0 aliphatic carbocycles. The minimum atomic E-state index is -0.337. The van der Waals surface area contributed by atoms with Crippen molar-refractivity contribution in [2.75, 3.05) is 32.1 Å². The van der Waals surface area contributed by atoms with Gasteiger partial charge in [0.2, 0.25) is 0 Å². The Morgan fingerprint density at radius 3 is 2.73 bits per heavy atom. The number of aliphatic hydroxyl groups is 1. The number of para-hydroxylation sites is 1. The van der Waals surface area contributed by atoms with Crippen molar-refractivity contribution >= 4 is 17.5 Å². The molecular formula is C22H28N4O4. The van der Waals surface area contributed by atoms with Crippen LogP contribution in [0, 0.1) is 5.92 Å². The van der Waals surface area contributed by atoms with E-state index in [0.717, 1.165) is 0 Å². The molecule has 160 valence electrons. The third kappa shape index (κ3) is 4.60. The molecule has 8 heteroatoms. The average Bonchev–Trinajstić information content (AvgIpc) is 2.76. The Morgan fingerprint density at radius 2 is 2.07 bits per heavy atom. The van der Waals surface area contributed by atoms with Crippen molar-refractivity contribution in [2.24, 2.45) is 5.92 Å². The van der Waals surface area contributed by atoms with Gasteiger partial charge in [-0.05, 0) is 38.2 Å². The van der Waals surface area contributed by atoms with Gasteiger partial charge in [-0.25, -0.2) is 0 Å². The van der Waals surface area contributed by atoms with E-state index in [1.807, 2.05) is 20.9 Å². The Hall–Kier alpha value is -2.97. The predicted octanol–water partition coefficient (Wildman–Crippen LogP) is 1.77. The number of nitrogens with one attached hydrogen (secondary N) is 2. The van der Waals surface area contributed by atoms with Gasteiger partial charge in [0.05, 0.1) is 23.9 Å². The number of hydrogen-bond donors (Lipinski definition) is 3. The molecule has 3 rings (SSSR count). The lowest BCUT2D eigenvalue weighted by Crippen LogP contribution is -2.49. The number of hydrogen-bond acceptors (Lipinski definition) is 6. The summed E-state index contributed by atoms with van der Waals surface area (Å²) in [5, 5.41) is 15.7. The second-order valence-corrected chi connectivity index (χ2v) is 7.55. The van der Waals surface area contributed by atoms with Gasteiger partial charge in [-0.1, -0.05) is 13.0 Å². The molecule has 0 saturated heterocycles. The second kappa shape index (κ2) is 9.69. The Kier molecular flexibility index (Phi) is 7.02. The summed E-state index contributed by atoms with van der Waals surface area (Å²) in [6.45, 7) is 4.72. The first-order chi connectivity index (χ1) is 14.5. The SMILES string of the molecule is CNC[C@H]1Oc2c(NC(=O)c3ccncc3)cccc2C(=O)N([C@@H](C)CO)C[C@@H]1C. The average molecular weight is 412 g/mol. The summed E-state index contributed by atoms with van der Waals surface area (Å²) in [6.07, 6.45) is 2.86. The molecule has 0 saturated carbocycles. The lowest BCUT2D eigenvalue weighted by molar-refractivity contribution is 0.0417. The maximum atomic E-state index is 13.3. The van der Waals surface area contributed by atoms with Crippen molar-refractivity contribution in [2.45, 2.75) is 26.0 Å². The summed E-state index contributed by atoms with van der Waals surface area (Å²) >= 11 is 0. The van der Waals surface area contributed by atoms with E-state index in [4.69, 9.17) is 4.74 Å². The molecule has 8 nitrogen and oxygen atoms in total. The Labute approximate surface area is 176 Å². The number of amides is 2. The zero-order valence-electron chi connectivity index (χ0n) is 17.5. The fourth-order valence-electron chi connectivity index (χ4n) is 3.48. The van der Waals surface area contributed by atoms with Crippen LogP contribution in [0.5, 0.6) is 5.75 Å². The summed E-state index contributed by atoms with van der Waals surface area (Å²) in [5.41, 5.74) is 1.24. The molecular weight excluding hydrogens is 384 g/mol. The molecule has 0 spiro atoms. The number of pyridine rings is 1. The molecule has 2 heterocycles. The van der Waals surface area contributed by atoms with Crippen LogP contribution in [0.15, 0.2) is 42.7 Å². The Morgan fingerprint density at radius 1 is 1.33 bits per heavy atom. The minimum absolute atomic E-state index is 0.00695. The van der Waals surface area contributed by atoms with Gasteiger partial charge in [-0.3, -0.25) is 14.6 Å². The predicted molar refractivity (Wildman–Crippen MR) is 114 cm³/mol. The van der Waals surface area contributed by atoms with Gasteiger partial charge in [-0.2, -0.15) is 0 Å². The van der Waals surface area contributed by atoms with Gasteiger partial charge in [0.1, 0.15) is 6.10 Å². The van der Waals surface area contributed by atoms with Crippen LogP contribution in [0.25, 0.3) is 0 Å². The van der Waals surface area contributed by atoms with E-state index in [1.54, 1.807) is 47.6 Å². The van der Waals surface area contributed by atoms with Gasteiger partial charge in [0.15, 0.2) is 5.75 Å². The maximum Gasteiger partial charge on any atom is 0.258 e. The Bertz CT molecular complexity index is 890. The van der Waals surface area contributed by atoms with E-state index < -0.39 is 0 Å². The maximum absolute atomic E-state index is 13.3. The number of anilines is 1. The summed E-state index contributed by atoms with van der Waals surface area (Å²) < 4.78 is 6.29. The van der Waals surface area contributed by atoms with Gasteiger partial charge < -0.3 is 25.4 Å². The van der Waals surface area contributed by atoms with Crippen molar-refractivity contribution in [3.63, 3.8) is 0 Å². The Balaban J connectivity index is 2.03. The van der Waals surface area contributed by atoms with Crippen LogP contribution in [0.2, 0.25) is 0 Å². The van der Waals surface area contributed by atoms with Crippen molar-refractivity contribution in [1.29, 1.82) is 0 Å². The summed E-state index contributed by atoms with van der Waals surface area (Å²) in [7, 11) is 1.84. The molecule has 2 amide bonds. The number of carbonyl (C=O) groups excluding carboxylic acids is 2. The fourth-order valence-corrected chi connectivity index (χ4v) is 3.48. The van der Waals surface area contributed by atoms with Gasteiger partial charge in [0.25, 0.3) is 11.8 Å². The van der Waals surface area contributed by atoms with Crippen LogP contribution in [0.1, 0.15) is 34.6 Å². The molecule has 1 aromatic carbocycles. The number of aliphatic hydroxyl groups excluding tert-OH is 1. The van der Waals surface area contributed by atoms with Gasteiger partial charge >= 0.3 is 0 Å². The lowest BCUT2D eigenvalue weighted by atomic mass is 9.99. The van der Waals surface area contributed by atoms with E-state index in [9.17, 15) is 14.7 Å². The monoisotopic (exact) mass is 412 g/mol. The van der Waals surface area contributed by atoms with Crippen LogP contribution >= 0.6 is 0 Å². The molecule has 30 heavy (non-hydrogen) atoms. The van der Waals surface area contributed by atoms with Crippen LogP contribution < -0.4 is 15.4 Å². The zero-order chi connectivity index (χ0) is 21.7. The third-order valence-corrected chi connectivity index (χ3v) is 5.29. The normalized spacial score (nSPS) is 19.9. The number of rotatable bonds is 6. The number of nitrogens with zero attached hydrogens (tertiary/aromatic N) is 2. The number of fused-ring (bicyclic) bond motifs is 1. The first-order valence-electron chi connectivity index (χ1n) is 10.0. The first-order valence-corrected chi connectivity index (χ1v) is 10.0. The van der Waals surface area contributed by atoms with E-state index in [0.29, 0.717) is 35.7 Å².